The highest BCUT2D eigenvalue weighted by Crippen LogP contribution is 2.30. The largest absolute Gasteiger partial charge is 0.306 e. The fourth-order valence-electron chi connectivity index (χ4n) is 1.98. The van der Waals surface area contributed by atoms with Gasteiger partial charge in [-0.1, -0.05) is 11.6 Å². The van der Waals surface area contributed by atoms with Crippen LogP contribution in [0.25, 0.3) is 0 Å². The van der Waals surface area contributed by atoms with Crippen LogP contribution in [0.3, 0.4) is 0 Å². The van der Waals surface area contributed by atoms with Crippen molar-refractivity contribution in [2.75, 3.05) is 20.1 Å². The summed E-state index contributed by atoms with van der Waals surface area (Å²) in [6, 6.07) is 3.82. The first-order valence-electron chi connectivity index (χ1n) is 5.06. The molecule has 3 heteroatoms. The number of halogens is 1. The van der Waals surface area contributed by atoms with E-state index < -0.39 is 0 Å². The summed E-state index contributed by atoms with van der Waals surface area (Å²) in [7, 11) is 2.16. The minimum Gasteiger partial charge on any atom is -0.306 e. The Hall–Kier alpha value is -0.600. The van der Waals surface area contributed by atoms with E-state index in [2.05, 4.69) is 16.9 Å². The molecule has 2 heterocycles. The molecule has 0 aromatic carbocycles. The first-order chi connectivity index (χ1) is 6.77. The zero-order chi connectivity index (χ0) is 9.97. The maximum absolute atomic E-state index is 6.12. The summed E-state index contributed by atoms with van der Waals surface area (Å²) < 4.78 is 0. The van der Waals surface area contributed by atoms with E-state index in [9.17, 15) is 0 Å². The molecule has 1 saturated heterocycles. The third kappa shape index (κ3) is 2.07. The minimum atomic E-state index is 0.555. The van der Waals surface area contributed by atoms with Crippen molar-refractivity contribution in [1.29, 1.82) is 0 Å². The molecule has 0 unspecified atom stereocenters. The van der Waals surface area contributed by atoms with Gasteiger partial charge in [0.25, 0.3) is 0 Å². The maximum Gasteiger partial charge on any atom is 0.0624 e. The van der Waals surface area contributed by atoms with Crippen LogP contribution in [0, 0.1) is 0 Å². The van der Waals surface area contributed by atoms with Gasteiger partial charge in [-0.3, -0.25) is 4.98 Å². The molecule has 1 aromatic heterocycles. The molecule has 0 atom stereocenters. The van der Waals surface area contributed by atoms with Gasteiger partial charge >= 0.3 is 0 Å². The van der Waals surface area contributed by atoms with Gasteiger partial charge in [-0.2, -0.15) is 0 Å². The Morgan fingerprint density at radius 3 is 2.79 bits per heavy atom. The molecule has 0 amide bonds. The molecule has 1 aromatic rings. The van der Waals surface area contributed by atoms with Crippen molar-refractivity contribution in [3.63, 3.8) is 0 Å². The standard InChI is InChI=1S/C11H15ClN2/c1-14-7-4-9(5-8-14)11-10(12)3-2-6-13-11/h2-3,6,9H,4-5,7-8H2,1H3. The third-order valence-corrected chi connectivity index (χ3v) is 3.21. The summed E-state index contributed by atoms with van der Waals surface area (Å²) in [6.07, 6.45) is 4.18. The van der Waals surface area contributed by atoms with Crippen molar-refractivity contribution in [1.82, 2.24) is 9.88 Å². The minimum absolute atomic E-state index is 0.555. The van der Waals surface area contributed by atoms with Gasteiger partial charge in [0, 0.05) is 12.1 Å². The molecule has 76 valence electrons. The van der Waals surface area contributed by atoms with Crippen LogP contribution in [-0.2, 0) is 0 Å². The number of pyridine rings is 1. The SMILES string of the molecule is CN1CCC(c2ncccc2Cl)CC1. The van der Waals surface area contributed by atoms with Crippen LogP contribution in [0.15, 0.2) is 18.3 Å². The number of hydrogen-bond donors (Lipinski definition) is 0. The zero-order valence-corrected chi connectivity index (χ0v) is 9.17. The van der Waals surface area contributed by atoms with Gasteiger partial charge in [0.15, 0.2) is 0 Å². The van der Waals surface area contributed by atoms with Gasteiger partial charge in [0.05, 0.1) is 10.7 Å². The second-order valence-electron chi connectivity index (χ2n) is 3.95. The Labute approximate surface area is 89.9 Å². The highest BCUT2D eigenvalue weighted by Gasteiger charge is 2.20. The quantitative estimate of drug-likeness (QED) is 0.708. The Morgan fingerprint density at radius 2 is 2.14 bits per heavy atom. The van der Waals surface area contributed by atoms with Crippen molar-refractivity contribution in [2.45, 2.75) is 18.8 Å². The lowest BCUT2D eigenvalue weighted by Crippen LogP contribution is -2.29. The van der Waals surface area contributed by atoms with Crippen LogP contribution in [-0.4, -0.2) is 30.0 Å². The molecule has 2 rings (SSSR count). The van der Waals surface area contributed by atoms with E-state index in [1.54, 1.807) is 0 Å². The van der Waals surface area contributed by atoms with Gasteiger partial charge in [-0.05, 0) is 45.1 Å². The molecule has 0 saturated carbocycles. The van der Waals surface area contributed by atoms with Gasteiger partial charge in [0.1, 0.15) is 0 Å². The Bertz CT molecular complexity index is 306. The van der Waals surface area contributed by atoms with E-state index in [0.717, 1.165) is 23.8 Å². The van der Waals surface area contributed by atoms with Crippen LogP contribution in [0.5, 0.6) is 0 Å². The molecule has 1 aliphatic rings. The Morgan fingerprint density at radius 1 is 1.43 bits per heavy atom. The average Bonchev–Trinajstić information content (AvgIpc) is 2.20. The van der Waals surface area contributed by atoms with E-state index in [0.29, 0.717) is 5.92 Å². The molecule has 1 aliphatic heterocycles. The number of nitrogens with zero attached hydrogens (tertiary/aromatic N) is 2. The van der Waals surface area contributed by atoms with Crippen LogP contribution >= 0.6 is 11.6 Å². The summed E-state index contributed by atoms with van der Waals surface area (Å²) in [5.41, 5.74) is 1.09. The average molecular weight is 211 g/mol. The molecule has 0 N–H and O–H groups in total. The molecule has 2 nitrogen and oxygen atoms in total. The topological polar surface area (TPSA) is 16.1 Å². The predicted molar refractivity (Wildman–Crippen MR) is 58.7 cm³/mol. The summed E-state index contributed by atoms with van der Waals surface area (Å²) in [5.74, 6) is 0.555. The summed E-state index contributed by atoms with van der Waals surface area (Å²) >= 11 is 6.12. The molecular formula is C11H15ClN2. The molecule has 1 fully saturated rings. The molecule has 14 heavy (non-hydrogen) atoms. The van der Waals surface area contributed by atoms with Crippen LogP contribution in [0.4, 0.5) is 0 Å². The van der Waals surface area contributed by atoms with E-state index in [1.807, 2.05) is 18.3 Å². The summed E-state index contributed by atoms with van der Waals surface area (Å²) in [4.78, 5) is 6.73. The van der Waals surface area contributed by atoms with Gasteiger partial charge in [-0.15, -0.1) is 0 Å². The molecular weight excluding hydrogens is 196 g/mol. The predicted octanol–water partition coefficient (Wildman–Crippen LogP) is 2.54. The highest BCUT2D eigenvalue weighted by molar-refractivity contribution is 6.31. The number of aromatic nitrogens is 1. The van der Waals surface area contributed by atoms with Crippen molar-refractivity contribution in [2.24, 2.45) is 0 Å². The monoisotopic (exact) mass is 210 g/mol. The fraction of sp³-hybridized carbons (Fsp3) is 0.545. The normalized spacial score (nSPS) is 19.9. The molecule has 0 aliphatic carbocycles. The number of likely N-dealkylation sites (tertiary alicyclic amines) is 1. The summed E-state index contributed by atoms with van der Waals surface area (Å²) in [5, 5.41) is 0.821. The first kappa shape index (κ1) is 9.94. The van der Waals surface area contributed by atoms with E-state index in [-0.39, 0.29) is 0 Å². The third-order valence-electron chi connectivity index (χ3n) is 2.89. The van der Waals surface area contributed by atoms with E-state index in [1.165, 1.54) is 12.8 Å². The molecule has 0 spiro atoms. The Balaban J connectivity index is 2.12. The maximum atomic E-state index is 6.12. The first-order valence-corrected chi connectivity index (χ1v) is 5.44. The van der Waals surface area contributed by atoms with Gasteiger partial charge in [-0.25, -0.2) is 0 Å². The fourth-order valence-corrected chi connectivity index (χ4v) is 2.26. The Kier molecular flexibility index (Phi) is 3.04. The molecule has 0 radical (unpaired) electrons. The van der Waals surface area contributed by atoms with Gasteiger partial charge in [0.2, 0.25) is 0 Å². The number of piperidine rings is 1. The van der Waals surface area contributed by atoms with E-state index in [4.69, 9.17) is 11.6 Å². The van der Waals surface area contributed by atoms with Crippen LogP contribution in [0.1, 0.15) is 24.5 Å². The lowest BCUT2D eigenvalue weighted by Gasteiger charge is -2.28. The van der Waals surface area contributed by atoms with Crippen molar-refractivity contribution in [3.05, 3.63) is 29.0 Å². The lowest BCUT2D eigenvalue weighted by atomic mass is 9.93. The zero-order valence-electron chi connectivity index (χ0n) is 8.41. The van der Waals surface area contributed by atoms with Crippen LogP contribution in [0.2, 0.25) is 5.02 Å². The smallest absolute Gasteiger partial charge is 0.0624 e. The lowest BCUT2D eigenvalue weighted by molar-refractivity contribution is 0.253. The van der Waals surface area contributed by atoms with Crippen LogP contribution < -0.4 is 0 Å². The van der Waals surface area contributed by atoms with Gasteiger partial charge < -0.3 is 4.90 Å². The summed E-state index contributed by atoms with van der Waals surface area (Å²) in [6.45, 7) is 2.30. The van der Waals surface area contributed by atoms with Crippen molar-refractivity contribution < 1.29 is 0 Å². The van der Waals surface area contributed by atoms with Crippen molar-refractivity contribution in [3.8, 4) is 0 Å². The number of hydrogen-bond acceptors (Lipinski definition) is 2. The highest BCUT2D eigenvalue weighted by atomic mass is 35.5. The van der Waals surface area contributed by atoms with E-state index >= 15 is 0 Å². The number of rotatable bonds is 1. The van der Waals surface area contributed by atoms with Crippen molar-refractivity contribution >= 4 is 11.6 Å². The second-order valence-corrected chi connectivity index (χ2v) is 4.36. The second kappa shape index (κ2) is 4.28. The molecule has 0 bridgehead atoms.